The monoisotopic (exact) mass is 465 g/mol. The molecule has 9 nitrogen and oxygen atoms in total. The number of aromatic nitrogens is 5. The van der Waals surface area contributed by atoms with Crippen LogP contribution in [-0.2, 0) is 11.3 Å². The van der Waals surface area contributed by atoms with Crippen LogP contribution >= 0.6 is 34.7 Å². The Balaban J connectivity index is 1.61. The van der Waals surface area contributed by atoms with Crippen LogP contribution in [0.4, 0.5) is 5.13 Å². The van der Waals surface area contributed by atoms with Crippen LogP contribution in [0.15, 0.2) is 29.4 Å². The lowest BCUT2D eigenvalue weighted by atomic mass is 10.2. The van der Waals surface area contributed by atoms with E-state index in [1.54, 1.807) is 24.3 Å². The smallest absolute Gasteiger partial charge is 0.251 e. The van der Waals surface area contributed by atoms with Crippen molar-refractivity contribution in [3.8, 4) is 0 Å². The van der Waals surface area contributed by atoms with Crippen LogP contribution in [-0.4, -0.2) is 42.5 Å². The maximum atomic E-state index is 12.5. The second-order valence-corrected chi connectivity index (χ2v) is 8.81. The molecule has 2 amide bonds. The molecular formula is C18H20ClN7O2S2. The van der Waals surface area contributed by atoms with E-state index in [9.17, 15) is 9.59 Å². The van der Waals surface area contributed by atoms with Crippen LogP contribution in [0.1, 0.15) is 41.1 Å². The predicted octanol–water partition coefficient (Wildman–Crippen LogP) is 3.33. The highest BCUT2D eigenvalue weighted by molar-refractivity contribution is 7.99. The number of nitrogens with one attached hydrogen (secondary N) is 2. The van der Waals surface area contributed by atoms with Gasteiger partial charge in [-0.05, 0) is 45.0 Å². The van der Waals surface area contributed by atoms with Crippen molar-refractivity contribution in [3.63, 3.8) is 0 Å². The number of nitrogens with zero attached hydrogens (tertiary/aromatic N) is 5. The van der Waals surface area contributed by atoms with Crippen LogP contribution in [0.5, 0.6) is 0 Å². The molecule has 0 radical (unpaired) electrons. The number of carbonyl (C=O) groups excluding carboxylic acids is 2. The fourth-order valence-corrected chi connectivity index (χ4v) is 4.15. The standard InChI is InChI=1S/C18H20ClN7O2S2/c1-4-26-15(10(2)20-16(28)12-5-7-13(19)8-6-12)23-25-18(26)29-9-14(27)21-17-24-22-11(3)30-17/h5-8,10H,4,9H2,1-3H3,(H,20,28)(H,21,24,27). The summed E-state index contributed by atoms with van der Waals surface area (Å²) in [6, 6.07) is 6.29. The maximum absolute atomic E-state index is 12.5. The Hall–Kier alpha value is -2.50. The van der Waals surface area contributed by atoms with Crippen molar-refractivity contribution in [3.05, 3.63) is 45.7 Å². The van der Waals surface area contributed by atoms with E-state index in [1.807, 2.05) is 25.3 Å². The molecule has 0 fully saturated rings. The Labute approximate surface area is 186 Å². The summed E-state index contributed by atoms with van der Waals surface area (Å²) in [6.45, 7) is 6.21. The molecular weight excluding hydrogens is 446 g/mol. The van der Waals surface area contributed by atoms with Gasteiger partial charge in [-0.15, -0.1) is 20.4 Å². The van der Waals surface area contributed by atoms with Gasteiger partial charge in [-0.2, -0.15) is 0 Å². The molecule has 1 unspecified atom stereocenters. The van der Waals surface area contributed by atoms with Crippen LogP contribution in [0.3, 0.4) is 0 Å². The number of anilines is 1. The van der Waals surface area contributed by atoms with E-state index in [4.69, 9.17) is 11.6 Å². The van der Waals surface area contributed by atoms with E-state index in [-0.39, 0.29) is 23.6 Å². The number of carbonyl (C=O) groups is 2. The first-order valence-electron chi connectivity index (χ1n) is 9.09. The van der Waals surface area contributed by atoms with Gasteiger partial charge in [-0.3, -0.25) is 14.9 Å². The zero-order valence-corrected chi connectivity index (χ0v) is 18.9. The van der Waals surface area contributed by atoms with E-state index in [1.165, 1.54) is 23.1 Å². The summed E-state index contributed by atoms with van der Waals surface area (Å²) in [6.07, 6.45) is 0. The zero-order valence-electron chi connectivity index (χ0n) is 16.5. The molecule has 0 bridgehead atoms. The summed E-state index contributed by atoms with van der Waals surface area (Å²) < 4.78 is 1.87. The summed E-state index contributed by atoms with van der Waals surface area (Å²) >= 11 is 8.45. The Morgan fingerprint density at radius 1 is 1.20 bits per heavy atom. The molecule has 0 aliphatic heterocycles. The highest BCUT2D eigenvalue weighted by atomic mass is 35.5. The second-order valence-electron chi connectivity index (χ2n) is 6.25. The highest BCUT2D eigenvalue weighted by Crippen LogP contribution is 2.22. The fraction of sp³-hybridized carbons (Fsp3) is 0.333. The highest BCUT2D eigenvalue weighted by Gasteiger charge is 2.20. The lowest BCUT2D eigenvalue weighted by Gasteiger charge is -2.15. The largest absolute Gasteiger partial charge is 0.342 e. The van der Waals surface area contributed by atoms with Crippen molar-refractivity contribution in [1.82, 2.24) is 30.3 Å². The minimum atomic E-state index is -0.367. The number of aryl methyl sites for hydroxylation is 1. The first-order chi connectivity index (χ1) is 14.4. The Morgan fingerprint density at radius 3 is 2.57 bits per heavy atom. The third-order valence-corrected chi connectivity index (χ3v) is 5.98. The quantitative estimate of drug-likeness (QED) is 0.490. The van der Waals surface area contributed by atoms with Crippen LogP contribution in [0.2, 0.25) is 5.02 Å². The average Bonchev–Trinajstić information content (AvgIpc) is 3.32. The molecule has 12 heteroatoms. The minimum Gasteiger partial charge on any atom is -0.342 e. The Morgan fingerprint density at radius 2 is 1.93 bits per heavy atom. The van der Waals surface area contributed by atoms with Gasteiger partial charge in [0.05, 0.1) is 11.8 Å². The van der Waals surface area contributed by atoms with Crippen LogP contribution in [0, 0.1) is 6.92 Å². The van der Waals surface area contributed by atoms with Gasteiger partial charge in [0.1, 0.15) is 5.01 Å². The average molecular weight is 466 g/mol. The number of hydrogen-bond acceptors (Lipinski definition) is 8. The second kappa shape index (κ2) is 10.0. The third kappa shape index (κ3) is 5.55. The Kier molecular flexibility index (Phi) is 7.40. The minimum absolute atomic E-state index is 0.155. The third-order valence-electron chi connectivity index (χ3n) is 4.01. The molecule has 158 valence electrons. The molecule has 0 aliphatic carbocycles. The fourth-order valence-electron chi connectivity index (χ4n) is 2.60. The number of benzene rings is 1. The van der Waals surface area contributed by atoms with Gasteiger partial charge >= 0.3 is 0 Å². The molecule has 3 rings (SSSR count). The van der Waals surface area contributed by atoms with Crippen molar-refractivity contribution in [1.29, 1.82) is 0 Å². The molecule has 1 aromatic carbocycles. The number of halogens is 1. The molecule has 2 heterocycles. The first-order valence-corrected chi connectivity index (χ1v) is 11.3. The lowest BCUT2D eigenvalue weighted by Crippen LogP contribution is -2.28. The molecule has 30 heavy (non-hydrogen) atoms. The van der Waals surface area contributed by atoms with E-state index in [0.717, 1.165) is 5.01 Å². The molecule has 0 saturated carbocycles. The van der Waals surface area contributed by atoms with Gasteiger partial charge in [0.15, 0.2) is 11.0 Å². The summed E-state index contributed by atoms with van der Waals surface area (Å²) in [5, 5.41) is 24.2. The van der Waals surface area contributed by atoms with Gasteiger partial charge in [-0.25, -0.2) is 0 Å². The van der Waals surface area contributed by atoms with Crippen molar-refractivity contribution >= 4 is 51.6 Å². The maximum Gasteiger partial charge on any atom is 0.251 e. The first kappa shape index (κ1) is 22.2. The van der Waals surface area contributed by atoms with Crippen LogP contribution in [0.25, 0.3) is 0 Å². The van der Waals surface area contributed by atoms with Gasteiger partial charge in [0.25, 0.3) is 5.91 Å². The summed E-state index contributed by atoms with van der Waals surface area (Å²) in [5.41, 5.74) is 0.506. The van der Waals surface area contributed by atoms with E-state index in [2.05, 4.69) is 31.0 Å². The van der Waals surface area contributed by atoms with Crippen LogP contribution < -0.4 is 10.6 Å². The van der Waals surface area contributed by atoms with Crippen molar-refractivity contribution < 1.29 is 9.59 Å². The molecule has 0 saturated heterocycles. The van der Waals surface area contributed by atoms with Crippen molar-refractivity contribution in [2.75, 3.05) is 11.1 Å². The van der Waals surface area contributed by atoms with E-state index in [0.29, 0.717) is 33.2 Å². The summed E-state index contributed by atoms with van der Waals surface area (Å²) in [5.74, 6) is 0.336. The van der Waals surface area contributed by atoms with Crippen molar-refractivity contribution in [2.24, 2.45) is 0 Å². The molecule has 0 aliphatic rings. The van der Waals surface area contributed by atoms with Gasteiger partial charge in [0.2, 0.25) is 11.0 Å². The zero-order chi connectivity index (χ0) is 21.7. The molecule has 2 N–H and O–H groups in total. The van der Waals surface area contributed by atoms with Gasteiger partial charge in [0, 0.05) is 17.1 Å². The number of rotatable bonds is 8. The topological polar surface area (TPSA) is 115 Å². The normalized spacial score (nSPS) is 11.9. The molecule has 0 spiro atoms. The molecule has 1 atom stereocenters. The number of thioether (sulfide) groups is 1. The predicted molar refractivity (Wildman–Crippen MR) is 117 cm³/mol. The number of hydrogen-bond donors (Lipinski definition) is 2. The van der Waals surface area contributed by atoms with E-state index >= 15 is 0 Å². The molecule has 3 aromatic rings. The van der Waals surface area contributed by atoms with Gasteiger partial charge in [-0.1, -0.05) is 34.7 Å². The lowest BCUT2D eigenvalue weighted by molar-refractivity contribution is -0.113. The number of amides is 2. The SMILES string of the molecule is CCn1c(SCC(=O)Nc2nnc(C)s2)nnc1C(C)NC(=O)c1ccc(Cl)cc1. The van der Waals surface area contributed by atoms with Crippen molar-refractivity contribution in [2.45, 2.75) is 38.5 Å². The summed E-state index contributed by atoms with van der Waals surface area (Å²) in [4.78, 5) is 24.6. The summed E-state index contributed by atoms with van der Waals surface area (Å²) in [7, 11) is 0. The Bertz CT molecular complexity index is 1040. The van der Waals surface area contributed by atoms with E-state index < -0.39 is 0 Å². The molecule has 2 aromatic heterocycles. The van der Waals surface area contributed by atoms with Gasteiger partial charge < -0.3 is 9.88 Å².